The van der Waals surface area contributed by atoms with Crippen molar-refractivity contribution in [2.45, 2.75) is 12.8 Å². The molecule has 2 heterocycles. The zero-order valence-electron chi connectivity index (χ0n) is 11.1. The zero-order valence-corrected chi connectivity index (χ0v) is 11.1. The first kappa shape index (κ1) is 12.9. The highest BCUT2D eigenvalue weighted by atomic mass is 16.3. The van der Waals surface area contributed by atoms with Gasteiger partial charge in [-0.3, -0.25) is 4.79 Å². The lowest BCUT2D eigenvalue weighted by atomic mass is 9.97. The van der Waals surface area contributed by atoms with Crippen LogP contribution in [0.25, 0.3) is 11.3 Å². The summed E-state index contributed by atoms with van der Waals surface area (Å²) in [5, 5.41) is 6.23. The average Bonchev–Trinajstić information content (AvgIpc) is 3.03. The van der Waals surface area contributed by atoms with Crippen molar-refractivity contribution < 1.29 is 9.21 Å². The van der Waals surface area contributed by atoms with Crippen molar-refractivity contribution in [1.29, 1.82) is 0 Å². The molecule has 3 rings (SSSR count). The number of aromatic nitrogens is 1. The summed E-state index contributed by atoms with van der Waals surface area (Å²) >= 11 is 0. The molecular weight excluding hydrogens is 254 g/mol. The molecule has 0 spiro atoms. The summed E-state index contributed by atoms with van der Waals surface area (Å²) in [7, 11) is 0. The molecule has 1 aromatic carbocycles. The molecule has 2 aromatic rings. The summed E-state index contributed by atoms with van der Waals surface area (Å²) < 4.78 is 5.23. The van der Waals surface area contributed by atoms with Gasteiger partial charge in [0.05, 0.1) is 6.20 Å². The molecule has 1 amide bonds. The maximum Gasteiger partial charge on any atom is 0.227 e. The van der Waals surface area contributed by atoms with Gasteiger partial charge in [0.1, 0.15) is 0 Å². The molecule has 0 radical (unpaired) electrons. The molecule has 0 atom stereocenters. The summed E-state index contributed by atoms with van der Waals surface area (Å²) in [6, 6.07) is 7.60. The van der Waals surface area contributed by atoms with E-state index in [1.54, 1.807) is 6.20 Å². The Balaban J connectivity index is 1.64. The summed E-state index contributed by atoms with van der Waals surface area (Å²) in [5.74, 6) is 0.949. The molecule has 1 fully saturated rings. The molecule has 0 unspecified atom stereocenters. The van der Waals surface area contributed by atoms with Gasteiger partial charge in [-0.25, -0.2) is 4.98 Å². The molecule has 2 N–H and O–H groups in total. The lowest BCUT2D eigenvalue weighted by Crippen LogP contribution is -2.34. The Kier molecular flexibility index (Phi) is 3.78. The van der Waals surface area contributed by atoms with Crippen LogP contribution in [0.5, 0.6) is 0 Å². The molecule has 0 aliphatic carbocycles. The van der Waals surface area contributed by atoms with Gasteiger partial charge >= 0.3 is 0 Å². The largest absolute Gasteiger partial charge is 0.444 e. The van der Waals surface area contributed by atoms with E-state index in [9.17, 15) is 4.79 Å². The first-order valence-corrected chi connectivity index (χ1v) is 6.83. The van der Waals surface area contributed by atoms with Gasteiger partial charge in [-0.2, -0.15) is 0 Å². The molecular formula is C15H17N3O2. The number of amides is 1. The van der Waals surface area contributed by atoms with Crippen molar-refractivity contribution >= 4 is 11.6 Å². The number of benzene rings is 1. The van der Waals surface area contributed by atoms with E-state index in [0.29, 0.717) is 0 Å². The van der Waals surface area contributed by atoms with E-state index in [4.69, 9.17) is 4.42 Å². The standard InChI is InChI=1S/C15H17N3O2/c19-15(12-5-7-16-8-6-12)18-13-3-1-11(2-4-13)14-9-17-10-20-14/h1-4,9-10,12,16H,5-8H2,(H,18,19). The van der Waals surface area contributed by atoms with Crippen LogP contribution in [0.15, 0.2) is 41.3 Å². The third-order valence-corrected chi connectivity index (χ3v) is 3.58. The van der Waals surface area contributed by atoms with Crippen LogP contribution in [-0.2, 0) is 4.79 Å². The number of oxazole rings is 1. The fourth-order valence-electron chi connectivity index (χ4n) is 2.40. The summed E-state index contributed by atoms with van der Waals surface area (Å²) in [5.41, 5.74) is 1.76. The minimum Gasteiger partial charge on any atom is -0.444 e. The number of hydrogen-bond donors (Lipinski definition) is 2. The van der Waals surface area contributed by atoms with Crippen LogP contribution < -0.4 is 10.6 Å². The molecule has 5 heteroatoms. The third-order valence-electron chi connectivity index (χ3n) is 3.58. The number of anilines is 1. The van der Waals surface area contributed by atoms with Crippen LogP contribution in [-0.4, -0.2) is 24.0 Å². The van der Waals surface area contributed by atoms with E-state index in [1.807, 2.05) is 24.3 Å². The zero-order chi connectivity index (χ0) is 13.8. The van der Waals surface area contributed by atoms with Gasteiger partial charge in [0.25, 0.3) is 0 Å². The number of hydrogen-bond acceptors (Lipinski definition) is 4. The van der Waals surface area contributed by atoms with Crippen molar-refractivity contribution in [3.05, 3.63) is 36.9 Å². The third kappa shape index (κ3) is 2.88. The summed E-state index contributed by atoms with van der Waals surface area (Å²) in [6.45, 7) is 1.84. The lowest BCUT2D eigenvalue weighted by Gasteiger charge is -2.21. The predicted molar refractivity (Wildman–Crippen MR) is 76.2 cm³/mol. The maximum atomic E-state index is 12.1. The van der Waals surface area contributed by atoms with Crippen molar-refractivity contribution in [2.75, 3.05) is 18.4 Å². The highest BCUT2D eigenvalue weighted by Gasteiger charge is 2.20. The van der Waals surface area contributed by atoms with E-state index in [0.717, 1.165) is 42.9 Å². The SMILES string of the molecule is O=C(Nc1ccc(-c2cnco2)cc1)C1CCNCC1. The van der Waals surface area contributed by atoms with E-state index in [2.05, 4.69) is 15.6 Å². The van der Waals surface area contributed by atoms with Crippen molar-refractivity contribution in [2.24, 2.45) is 5.92 Å². The smallest absolute Gasteiger partial charge is 0.227 e. The quantitative estimate of drug-likeness (QED) is 0.898. The van der Waals surface area contributed by atoms with Crippen molar-refractivity contribution in [3.63, 3.8) is 0 Å². The summed E-state index contributed by atoms with van der Waals surface area (Å²) in [6.07, 6.45) is 4.88. The van der Waals surface area contributed by atoms with Gasteiger partial charge in [-0.1, -0.05) is 0 Å². The van der Waals surface area contributed by atoms with E-state index in [-0.39, 0.29) is 11.8 Å². The Morgan fingerprint density at radius 2 is 2.00 bits per heavy atom. The minimum absolute atomic E-state index is 0.110. The van der Waals surface area contributed by atoms with E-state index >= 15 is 0 Å². The van der Waals surface area contributed by atoms with Gasteiger partial charge in [0.2, 0.25) is 5.91 Å². The number of nitrogens with one attached hydrogen (secondary N) is 2. The monoisotopic (exact) mass is 271 g/mol. The Hall–Kier alpha value is -2.14. The molecule has 1 aliphatic rings. The van der Waals surface area contributed by atoms with Crippen LogP contribution in [0.2, 0.25) is 0 Å². The van der Waals surface area contributed by atoms with Crippen LogP contribution >= 0.6 is 0 Å². The van der Waals surface area contributed by atoms with Gasteiger partial charge in [-0.15, -0.1) is 0 Å². The summed E-state index contributed by atoms with van der Waals surface area (Å²) in [4.78, 5) is 16.0. The van der Waals surface area contributed by atoms with Crippen LogP contribution in [0.3, 0.4) is 0 Å². The maximum absolute atomic E-state index is 12.1. The van der Waals surface area contributed by atoms with Crippen LogP contribution in [0, 0.1) is 5.92 Å². The minimum atomic E-state index is 0.110. The molecule has 0 saturated carbocycles. The number of rotatable bonds is 3. The number of carbonyl (C=O) groups excluding carboxylic acids is 1. The molecule has 1 aliphatic heterocycles. The Labute approximate surface area is 117 Å². The second kappa shape index (κ2) is 5.88. The van der Waals surface area contributed by atoms with Gasteiger partial charge < -0.3 is 15.1 Å². The van der Waals surface area contributed by atoms with Gasteiger partial charge in [0.15, 0.2) is 12.2 Å². The first-order chi connectivity index (χ1) is 9.83. The van der Waals surface area contributed by atoms with E-state index < -0.39 is 0 Å². The molecule has 0 bridgehead atoms. The van der Waals surface area contributed by atoms with E-state index in [1.165, 1.54) is 6.39 Å². The first-order valence-electron chi connectivity index (χ1n) is 6.83. The van der Waals surface area contributed by atoms with Crippen molar-refractivity contribution in [3.8, 4) is 11.3 Å². The average molecular weight is 271 g/mol. The Morgan fingerprint density at radius 3 is 2.65 bits per heavy atom. The molecule has 104 valence electrons. The predicted octanol–water partition coefficient (Wildman–Crippen LogP) is 2.28. The fraction of sp³-hybridized carbons (Fsp3) is 0.333. The topological polar surface area (TPSA) is 67.2 Å². The number of nitrogens with zero attached hydrogens (tertiary/aromatic N) is 1. The highest BCUT2D eigenvalue weighted by molar-refractivity contribution is 5.92. The second-order valence-corrected chi connectivity index (χ2v) is 4.96. The molecule has 1 aromatic heterocycles. The second-order valence-electron chi connectivity index (χ2n) is 4.96. The Morgan fingerprint density at radius 1 is 1.25 bits per heavy atom. The number of carbonyl (C=O) groups is 1. The van der Waals surface area contributed by atoms with Crippen LogP contribution in [0.1, 0.15) is 12.8 Å². The number of piperidine rings is 1. The van der Waals surface area contributed by atoms with Crippen LogP contribution in [0.4, 0.5) is 5.69 Å². The molecule has 1 saturated heterocycles. The van der Waals surface area contributed by atoms with Gasteiger partial charge in [0, 0.05) is 17.2 Å². The van der Waals surface area contributed by atoms with Crippen molar-refractivity contribution in [1.82, 2.24) is 10.3 Å². The molecule has 20 heavy (non-hydrogen) atoms. The normalized spacial score (nSPS) is 16.0. The van der Waals surface area contributed by atoms with Gasteiger partial charge in [-0.05, 0) is 50.2 Å². The Bertz CT molecular complexity index is 557. The highest BCUT2D eigenvalue weighted by Crippen LogP contribution is 2.21. The molecule has 5 nitrogen and oxygen atoms in total. The fourth-order valence-corrected chi connectivity index (χ4v) is 2.40. The lowest BCUT2D eigenvalue weighted by molar-refractivity contribution is -0.120.